The van der Waals surface area contributed by atoms with Gasteiger partial charge in [-0.3, -0.25) is 19.4 Å². The fourth-order valence-electron chi connectivity index (χ4n) is 4.00. The second-order valence-electron chi connectivity index (χ2n) is 8.05. The van der Waals surface area contributed by atoms with Crippen molar-refractivity contribution < 1.29 is 9.59 Å². The van der Waals surface area contributed by atoms with Gasteiger partial charge in [0.1, 0.15) is 5.54 Å². The maximum absolute atomic E-state index is 12.7. The Balaban J connectivity index is 1.42. The van der Waals surface area contributed by atoms with Gasteiger partial charge in [-0.05, 0) is 25.7 Å². The Morgan fingerprint density at radius 2 is 1.65 bits per heavy atom. The second kappa shape index (κ2) is 8.36. The van der Waals surface area contributed by atoms with Gasteiger partial charge in [-0.2, -0.15) is 5.26 Å². The third-order valence-corrected chi connectivity index (χ3v) is 6.04. The van der Waals surface area contributed by atoms with E-state index in [0.717, 1.165) is 71.1 Å². The molecule has 1 aliphatic heterocycles. The van der Waals surface area contributed by atoms with Gasteiger partial charge in [0.2, 0.25) is 11.8 Å². The lowest BCUT2D eigenvalue weighted by Crippen LogP contribution is -2.55. The molecule has 0 aromatic carbocycles. The third kappa shape index (κ3) is 4.74. The van der Waals surface area contributed by atoms with Gasteiger partial charge in [-0.25, -0.2) is 0 Å². The van der Waals surface area contributed by atoms with E-state index >= 15 is 0 Å². The Kier molecular flexibility index (Phi) is 6.15. The van der Waals surface area contributed by atoms with E-state index in [9.17, 15) is 14.9 Å². The molecule has 2 saturated carbocycles. The molecule has 1 N–H and O–H groups in total. The number of likely N-dealkylation sites (N-methyl/N-ethyl adjacent to an activating group) is 1. The molecule has 0 radical (unpaired) electrons. The summed E-state index contributed by atoms with van der Waals surface area (Å²) in [5, 5.41) is 12.7. The van der Waals surface area contributed by atoms with Crippen molar-refractivity contribution in [1.29, 1.82) is 5.26 Å². The molecule has 2 amide bonds. The maximum Gasteiger partial charge on any atom is 0.237 e. The van der Waals surface area contributed by atoms with Crippen molar-refractivity contribution in [2.24, 2.45) is 0 Å². The summed E-state index contributed by atoms with van der Waals surface area (Å²) in [7, 11) is 1.79. The van der Waals surface area contributed by atoms with Crippen molar-refractivity contribution >= 4 is 11.8 Å². The minimum Gasteiger partial charge on any atom is -0.352 e. The van der Waals surface area contributed by atoms with Gasteiger partial charge in [-0.15, -0.1) is 0 Å². The van der Waals surface area contributed by atoms with Crippen LogP contribution in [0.1, 0.15) is 44.9 Å². The standard InChI is InChI=1S/C19H31N5O2/c1-22(19(15-20)7-3-2-4-8-19)18(26)14-24-11-9-23(10-12-24)13-17(25)21-16-5-6-16/h16H,2-14H2,1H3,(H,21,25). The van der Waals surface area contributed by atoms with Gasteiger partial charge in [-0.1, -0.05) is 19.3 Å². The summed E-state index contributed by atoms with van der Waals surface area (Å²) in [6, 6.07) is 2.83. The molecule has 3 fully saturated rings. The number of piperazine rings is 1. The molecule has 1 saturated heterocycles. The molecule has 0 spiro atoms. The van der Waals surface area contributed by atoms with Crippen molar-refractivity contribution in [3.8, 4) is 6.07 Å². The van der Waals surface area contributed by atoms with Gasteiger partial charge in [0.15, 0.2) is 0 Å². The van der Waals surface area contributed by atoms with Crippen LogP contribution in [-0.4, -0.2) is 84.4 Å². The monoisotopic (exact) mass is 361 g/mol. The predicted molar refractivity (Wildman–Crippen MR) is 98.2 cm³/mol. The van der Waals surface area contributed by atoms with Crippen LogP contribution in [-0.2, 0) is 9.59 Å². The van der Waals surface area contributed by atoms with E-state index in [0.29, 0.717) is 19.1 Å². The Morgan fingerprint density at radius 1 is 1.08 bits per heavy atom. The molecular formula is C19H31N5O2. The SMILES string of the molecule is CN(C(=O)CN1CCN(CC(=O)NC2CC2)CC1)C1(C#N)CCCCC1. The molecule has 7 nitrogen and oxygen atoms in total. The van der Waals surface area contributed by atoms with Gasteiger partial charge in [0.05, 0.1) is 19.2 Å². The Hall–Kier alpha value is -1.65. The highest BCUT2D eigenvalue weighted by atomic mass is 16.2. The number of hydrogen-bond acceptors (Lipinski definition) is 5. The summed E-state index contributed by atoms with van der Waals surface area (Å²) in [5.41, 5.74) is -0.613. The summed E-state index contributed by atoms with van der Waals surface area (Å²) in [6.45, 7) is 4.00. The van der Waals surface area contributed by atoms with Crippen LogP contribution < -0.4 is 5.32 Å². The number of nitriles is 1. The summed E-state index contributed by atoms with van der Waals surface area (Å²) in [4.78, 5) is 30.6. The van der Waals surface area contributed by atoms with Crippen LogP contribution in [0.4, 0.5) is 0 Å². The highest BCUT2D eigenvalue weighted by molar-refractivity contribution is 5.79. The summed E-state index contributed by atoms with van der Waals surface area (Å²) < 4.78 is 0. The molecule has 0 atom stereocenters. The smallest absolute Gasteiger partial charge is 0.237 e. The number of rotatable bonds is 6. The average Bonchev–Trinajstić information content (AvgIpc) is 3.47. The topological polar surface area (TPSA) is 79.7 Å². The second-order valence-corrected chi connectivity index (χ2v) is 8.05. The van der Waals surface area contributed by atoms with Crippen LogP contribution >= 0.6 is 0 Å². The van der Waals surface area contributed by atoms with Crippen molar-refractivity contribution in [2.45, 2.75) is 56.5 Å². The first kappa shape index (κ1) is 19.1. The van der Waals surface area contributed by atoms with E-state index in [1.54, 1.807) is 11.9 Å². The van der Waals surface area contributed by atoms with Crippen LogP contribution in [0, 0.1) is 11.3 Å². The lowest BCUT2D eigenvalue weighted by Gasteiger charge is -2.40. The number of nitrogens with one attached hydrogen (secondary N) is 1. The normalized spacial score (nSPS) is 23.8. The summed E-state index contributed by atoms with van der Waals surface area (Å²) in [5.74, 6) is 0.151. The van der Waals surface area contributed by atoms with Crippen molar-refractivity contribution in [3.63, 3.8) is 0 Å². The number of amides is 2. The van der Waals surface area contributed by atoms with E-state index in [1.165, 1.54) is 0 Å². The lowest BCUT2D eigenvalue weighted by molar-refractivity contribution is -0.136. The predicted octanol–water partition coefficient (Wildman–Crippen LogP) is 0.567. The molecule has 2 aliphatic carbocycles. The van der Waals surface area contributed by atoms with Crippen LogP contribution in [0.25, 0.3) is 0 Å². The van der Waals surface area contributed by atoms with Crippen LogP contribution in [0.15, 0.2) is 0 Å². The van der Waals surface area contributed by atoms with Crippen molar-refractivity contribution in [3.05, 3.63) is 0 Å². The van der Waals surface area contributed by atoms with Gasteiger partial charge >= 0.3 is 0 Å². The van der Waals surface area contributed by atoms with E-state index < -0.39 is 5.54 Å². The number of nitrogens with zero attached hydrogens (tertiary/aromatic N) is 4. The summed E-state index contributed by atoms with van der Waals surface area (Å²) >= 11 is 0. The highest BCUT2D eigenvalue weighted by Gasteiger charge is 2.39. The molecule has 1 heterocycles. The van der Waals surface area contributed by atoms with Gasteiger partial charge < -0.3 is 10.2 Å². The van der Waals surface area contributed by atoms with Crippen LogP contribution in [0.3, 0.4) is 0 Å². The molecule has 3 rings (SSSR count). The Labute approximate surface area is 156 Å². The first-order valence-electron chi connectivity index (χ1n) is 9.94. The zero-order chi connectivity index (χ0) is 18.6. The van der Waals surface area contributed by atoms with Gasteiger partial charge in [0.25, 0.3) is 0 Å². The minimum absolute atomic E-state index is 0.0355. The Morgan fingerprint density at radius 3 is 2.19 bits per heavy atom. The molecule has 7 heteroatoms. The van der Waals surface area contributed by atoms with Crippen LogP contribution in [0.5, 0.6) is 0 Å². The average molecular weight is 361 g/mol. The first-order valence-corrected chi connectivity index (χ1v) is 9.94. The zero-order valence-electron chi connectivity index (χ0n) is 15.9. The lowest BCUT2D eigenvalue weighted by atomic mass is 9.81. The quantitative estimate of drug-likeness (QED) is 0.748. The number of carbonyl (C=O) groups excluding carboxylic acids is 2. The molecule has 26 heavy (non-hydrogen) atoms. The van der Waals surface area contributed by atoms with E-state index in [4.69, 9.17) is 0 Å². The maximum atomic E-state index is 12.7. The number of carbonyl (C=O) groups is 2. The largest absolute Gasteiger partial charge is 0.352 e. The van der Waals surface area contributed by atoms with Gasteiger partial charge in [0, 0.05) is 39.3 Å². The molecule has 0 bridgehead atoms. The zero-order valence-corrected chi connectivity index (χ0v) is 15.9. The van der Waals surface area contributed by atoms with Crippen LogP contribution in [0.2, 0.25) is 0 Å². The van der Waals surface area contributed by atoms with E-state index in [2.05, 4.69) is 21.2 Å². The van der Waals surface area contributed by atoms with Crippen molar-refractivity contribution in [1.82, 2.24) is 20.0 Å². The van der Waals surface area contributed by atoms with E-state index in [1.807, 2.05) is 0 Å². The fourth-order valence-corrected chi connectivity index (χ4v) is 4.00. The third-order valence-electron chi connectivity index (χ3n) is 6.04. The molecule has 144 valence electrons. The van der Waals surface area contributed by atoms with Crippen molar-refractivity contribution in [2.75, 3.05) is 46.3 Å². The molecule has 0 unspecified atom stereocenters. The van der Waals surface area contributed by atoms with E-state index in [-0.39, 0.29) is 11.8 Å². The minimum atomic E-state index is -0.613. The first-order chi connectivity index (χ1) is 12.5. The Bertz CT molecular complexity index is 555. The molecule has 3 aliphatic rings. The molecule has 0 aromatic heterocycles. The highest BCUT2D eigenvalue weighted by Crippen LogP contribution is 2.32. The fraction of sp³-hybridized carbons (Fsp3) is 0.842. The summed E-state index contributed by atoms with van der Waals surface area (Å²) in [6.07, 6.45) is 6.99. The number of hydrogen-bond donors (Lipinski definition) is 1. The molecule has 0 aromatic rings. The molecular weight excluding hydrogens is 330 g/mol.